The maximum atomic E-state index is 11.9. The third kappa shape index (κ3) is 2.65. The lowest BCUT2D eigenvalue weighted by Gasteiger charge is -2.16. The Kier molecular flexibility index (Phi) is 4.00. The fourth-order valence-electron chi connectivity index (χ4n) is 3.21. The lowest BCUT2D eigenvalue weighted by molar-refractivity contribution is 0.100. The summed E-state index contributed by atoms with van der Waals surface area (Å²) < 4.78 is 0. The van der Waals surface area contributed by atoms with E-state index in [1.807, 2.05) is 30.3 Å². The van der Waals surface area contributed by atoms with Crippen molar-refractivity contribution >= 4 is 5.91 Å². The topological polar surface area (TPSA) is 96.1 Å². The number of hydrogen-bond donors (Lipinski definition) is 2. The first-order valence-electron chi connectivity index (χ1n) is 7.53. The SMILES string of the molecule is N#CN1Cc2cccc(-c3c(CCN)cccc3C(N)=O)c2C1. The number of carbonyl (C=O) groups is 1. The normalized spacial score (nSPS) is 12.8. The molecule has 0 fully saturated rings. The minimum atomic E-state index is -0.452. The Morgan fingerprint density at radius 1 is 1.22 bits per heavy atom. The fraction of sp³-hybridized carbons (Fsp3) is 0.222. The molecule has 0 radical (unpaired) electrons. The molecule has 5 nitrogen and oxygen atoms in total. The Morgan fingerprint density at radius 3 is 2.70 bits per heavy atom. The second-order valence-electron chi connectivity index (χ2n) is 5.64. The van der Waals surface area contributed by atoms with E-state index in [2.05, 4.69) is 6.19 Å². The molecule has 1 amide bonds. The summed E-state index contributed by atoms with van der Waals surface area (Å²) in [5.41, 5.74) is 16.8. The molecule has 1 aliphatic heterocycles. The van der Waals surface area contributed by atoms with Crippen molar-refractivity contribution in [2.24, 2.45) is 11.5 Å². The highest BCUT2D eigenvalue weighted by atomic mass is 16.1. The average Bonchev–Trinajstić information content (AvgIpc) is 2.98. The highest BCUT2D eigenvalue weighted by Crippen LogP contribution is 2.36. The van der Waals surface area contributed by atoms with Gasteiger partial charge in [-0.3, -0.25) is 4.79 Å². The van der Waals surface area contributed by atoms with Crippen LogP contribution in [0.15, 0.2) is 36.4 Å². The highest BCUT2D eigenvalue weighted by molar-refractivity contribution is 6.01. The summed E-state index contributed by atoms with van der Waals surface area (Å²) in [7, 11) is 0. The lowest BCUT2D eigenvalue weighted by atomic mass is 9.88. The summed E-state index contributed by atoms with van der Waals surface area (Å²) >= 11 is 0. The monoisotopic (exact) mass is 306 g/mol. The van der Waals surface area contributed by atoms with Crippen LogP contribution in [0.1, 0.15) is 27.0 Å². The minimum absolute atomic E-state index is 0.452. The maximum absolute atomic E-state index is 11.9. The summed E-state index contributed by atoms with van der Waals surface area (Å²) in [5.74, 6) is -0.452. The Balaban J connectivity index is 2.23. The van der Waals surface area contributed by atoms with Gasteiger partial charge in [-0.2, -0.15) is 5.26 Å². The molecule has 2 aromatic carbocycles. The molecule has 0 bridgehead atoms. The molecular formula is C18H18N4O. The number of nitriles is 1. The average molecular weight is 306 g/mol. The van der Waals surface area contributed by atoms with Gasteiger partial charge in [0.15, 0.2) is 6.19 Å². The lowest BCUT2D eigenvalue weighted by Crippen LogP contribution is -2.15. The van der Waals surface area contributed by atoms with E-state index >= 15 is 0 Å². The van der Waals surface area contributed by atoms with Crippen molar-refractivity contribution in [2.45, 2.75) is 19.5 Å². The van der Waals surface area contributed by atoms with Gasteiger partial charge in [0.1, 0.15) is 0 Å². The Morgan fingerprint density at radius 2 is 2.00 bits per heavy atom. The van der Waals surface area contributed by atoms with Crippen molar-refractivity contribution in [2.75, 3.05) is 6.54 Å². The van der Waals surface area contributed by atoms with Gasteiger partial charge in [0.25, 0.3) is 0 Å². The van der Waals surface area contributed by atoms with Gasteiger partial charge in [-0.1, -0.05) is 30.3 Å². The Bertz CT molecular complexity index is 807. The van der Waals surface area contributed by atoms with E-state index in [1.165, 1.54) is 0 Å². The van der Waals surface area contributed by atoms with Gasteiger partial charge in [0, 0.05) is 5.56 Å². The molecule has 116 valence electrons. The molecule has 1 aliphatic rings. The van der Waals surface area contributed by atoms with Crippen LogP contribution in [0.4, 0.5) is 0 Å². The largest absolute Gasteiger partial charge is 0.366 e. The second-order valence-corrected chi connectivity index (χ2v) is 5.64. The maximum Gasteiger partial charge on any atom is 0.249 e. The molecule has 0 saturated carbocycles. The van der Waals surface area contributed by atoms with E-state index in [-0.39, 0.29) is 0 Å². The molecule has 23 heavy (non-hydrogen) atoms. The predicted molar refractivity (Wildman–Crippen MR) is 88.0 cm³/mol. The molecule has 3 rings (SSSR count). The highest BCUT2D eigenvalue weighted by Gasteiger charge is 2.24. The number of nitrogens with two attached hydrogens (primary N) is 2. The number of hydrogen-bond acceptors (Lipinski definition) is 4. The number of nitrogens with zero attached hydrogens (tertiary/aromatic N) is 2. The van der Waals surface area contributed by atoms with Gasteiger partial charge in [-0.25, -0.2) is 0 Å². The van der Waals surface area contributed by atoms with Crippen LogP contribution >= 0.6 is 0 Å². The number of primary amides is 1. The van der Waals surface area contributed by atoms with Crippen molar-refractivity contribution in [3.63, 3.8) is 0 Å². The van der Waals surface area contributed by atoms with Crippen LogP contribution in [0.25, 0.3) is 11.1 Å². The molecule has 0 unspecified atom stereocenters. The zero-order valence-electron chi connectivity index (χ0n) is 12.7. The van der Waals surface area contributed by atoms with Crippen LogP contribution < -0.4 is 11.5 Å². The minimum Gasteiger partial charge on any atom is -0.366 e. The molecule has 5 heteroatoms. The van der Waals surface area contributed by atoms with Crippen LogP contribution in [0.2, 0.25) is 0 Å². The number of rotatable bonds is 4. The number of amides is 1. The quantitative estimate of drug-likeness (QED) is 0.841. The van der Waals surface area contributed by atoms with Crippen LogP contribution in [-0.4, -0.2) is 17.4 Å². The summed E-state index contributed by atoms with van der Waals surface area (Å²) in [4.78, 5) is 13.6. The first-order chi connectivity index (χ1) is 11.2. The van der Waals surface area contributed by atoms with Gasteiger partial charge >= 0.3 is 0 Å². The smallest absolute Gasteiger partial charge is 0.249 e. The molecule has 0 spiro atoms. The standard InChI is InChI=1S/C18H18N4O/c19-8-7-12-3-1-6-15(18(21)23)17(12)14-5-2-4-13-9-22(11-20)10-16(13)14/h1-6H,7-10,19H2,(H2,21,23). The number of fused-ring (bicyclic) bond motifs is 1. The van der Waals surface area contributed by atoms with Gasteiger partial charge in [0.05, 0.1) is 13.1 Å². The molecule has 0 atom stereocenters. The van der Waals surface area contributed by atoms with Crippen molar-refractivity contribution in [1.82, 2.24) is 4.90 Å². The van der Waals surface area contributed by atoms with E-state index in [9.17, 15) is 4.79 Å². The zero-order chi connectivity index (χ0) is 16.4. The van der Waals surface area contributed by atoms with E-state index in [1.54, 1.807) is 11.0 Å². The van der Waals surface area contributed by atoms with E-state index in [0.29, 0.717) is 31.6 Å². The summed E-state index contributed by atoms with van der Waals surface area (Å²) in [6.07, 6.45) is 2.86. The van der Waals surface area contributed by atoms with Crippen LogP contribution in [-0.2, 0) is 19.5 Å². The van der Waals surface area contributed by atoms with Gasteiger partial charge in [0.2, 0.25) is 5.91 Å². The van der Waals surface area contributed by atoms with Crippen LogP contribution in [0.3, 0.4) is 0 Å². The van der Waals surface area contributed by atoms with Crippen molar-refractivity contribution in [1.29, 1.82) is 5.26 Å². The first-order valence-corrected chi connectivity index (χ1v) is 7.53. The molecule has 0 saturated heterocycles. The predicted octanol–water partition coefficient (Wildman–Crippen LogP) is 1.75. The van der Waals surface area contributed by atoms with Gasteiger partial charge in [-0.15, -0.1) is 0 Å². The van der Waals surface area contributed by atoms with E-state index < -0.39 is 5.91 Å². The summed E-state index contributed by atoms with van der Waals surface area (Å²) in [6, 6.07) is 11.5. The molecule has 2 aromatic rings. The summed E-state index contributed by atoms with van der Waals surface area (Å²) in [6.45, 7) is 1.65. The van der Waals surface area contributed by atoms with Crippen molar-refractivity contribution in [3.8, 4) is 17.3 Å². The summed E-state index contributed by atoms with van der Waals surface area (Å²) in [5, 5.41) is 9.17. The van der Waals surface area contributed by atoms with E-state index in [4.69, 9.17) is 16.7 Å². The first kappa shape index (κ1) is 15.1. The zero-order valence-corrected chi connectivity index (χ0v) is 12.7. The van der Waals surface area contributed by atoms with Gasteiger partial charge in [-0.05, 0) is 46.8 Å². The number of benzene rings is 2. The Labute approximate surface area is 135 Å². The van der Waals surface area contributed by atoms with Crippen molar-refractivity contribution < 1.29 is 4.79 Å². The molecule has 0 aromatic heterocycles. The molecular weight excluding hydrogens is 288 g/mol. The number of carbonyl (C=O) groups excluding carboxylic acids is 1. The molecule has 4 N–H and O–H groups in total. The van der Waals surface area contributed by atoms with Crippen LogP contribution in [0, 0.1) is 11.5 Å². The molecule has 0 aliphatic carbocycles. The van der Waals surface area contributed by atoms with Crippen LogP contribution in [0.5, 0.6) is 0 Å². The fourth-order valence-corrected chi connectivity index (χ4v) is 3.21. The van der Waals surface area contributed by atoms with E-state index in [0.717, 1.165) is 27.8 Å². The third-order valence-corrected chi connectivity index (χ3v) is 4.22. The van der Waals surface area contributed by atoms with Crippen molar-refractivity contribution in [3.05, 3.63) is 58.7 Å². The van der Waals surface area contributed by atoms with Gasteiger partial charge < -0.3 is 16.4 Å². The molecule has 1 heterocycles. The third-order valence-electron chi connectivity index (χ3n) is 4.22. The second kappa shape index (κ2) is 6.11. The Hall–Kier alpha value is -2.84.